The normalized spacial score (nSPS) is 24.7. The molecule has 6 rings (SSSR count). The molecule has 3 aliphatic rings. The summed E-state index contributed by atoms with van der Waals surface area (Å²) in [6, 6.07) is 12.4. The third kappa shape index (κ3) is 4.22. The number of hydrogen-bond donors (Lipinski definition) is 1. The van der Waals surface area contributed by atoms with Crippen LogP contribution in [0.1, 0.15) is 31.0 Å². The van der Waals surface area contributed by atoms with Crippen molar-refractivity contribution >= 4 is 17.0 Å². The topological polar surface area (TPSA) is 99.0 Å². The molecule has 9 heteroatoms. The molecule has 3 aromatic rings. The molecule has 0 unspecified atom stereocenters. The number of morpholine rings is 1. The van der Waals surface area contributed by atoms with Crippen molar-refractivity contribution in [3.63, 3.8) is 0 Å². The summed E-state index contributed by atoms with van der Waals surface area (Å²) in [5.74, 6) is 1.54. The summed E-state index contributed by atoms with van der Waals surface area (Å²) >= 11 is 0. The number of rotatable bonds is 5. The first kappa shape index (κ1) is 22.3. The molecule has 35 heavy (non-hydrogen) atoms. The van der Waals surface area contributed by atoms with Gasteiger partial charge in [-0.25, -0.2) is 9.50 Å². The van der Waals surface area contributed by atoms with Gasteiger partial charge in [0.2, 0.25) is 0 Å². The minimum atomic E-state index is -0.0892. The van der Waals surface area contributed by atoms with Gasteiger partial charge in [0.1, 0.15) is 17.6 Å². The molecule has 0 saturated carbocycles. The maximum Gasteiger partial charge on any atom is 0.142 e. The summed E-state index contributed by atoms with van der Waals surface area (Å²) in [6.45, 7) is 10.6. The second kappa shape index (κ2) is 8.48. The van der Waals surface area contributed by atoms with Crippen LogP contribution in [-0.4, -0.2) is 83.1 Å². The number of nitrogens with zero attached hydrogens (tertiary/aromatic N) is 7. The van der Waals surface area contributed by atoms with Crippen LogP contribution in [0.15, 0.2) is 42.7 Å². The number of anilines is 2. The Balaban J connectivity index is 1.06. The Bertz CT molecular complexity index is 1250. The molecule has 0 spiro atoms. The van der Waals surface area contributed by atoms with Gasteiger partial charge in [-0.3, -0.25) is 4.90 Å². The van der Waals surface area contributed by atoms with E-state index in [0.29, 0.717) is 11.6 Å². The van der Waals surface area contributed by atoms with E-state index in [2.05, 4.69) is 56.8 Å². The van der Waals surface area contributed by atoms with Crippen LogP contribution in [0.4, 0.5) is 11.5 Å². The molecule has 2 atom stereocenters. The lowest BCUT2D eigenvalue weighted by atomic mass is 9.91. The Labute approximate surface area is 205 Å². The fourth-order valence-corrected chi connectivity index (χ4v) is 5.73. The van der Waals surface area contributed by atoms with Crippen LogP contribution < -0.4 is 15.5 Å². The highest BCUT2D eigenvalue weighted by Crippen LogP contribution is 2.31. The van der Waals surface area contributed by atoms with E-state index in [1.165, 1.54) is 5.56 Å². The van der Waals surface area contributed by atoms with Crippen molar-refractivity contribution in [2.45, 2.75) is 37.5 Å². The fourth-order valence-electron chi connectivity index (χ4n) is 5.73. The van der Waals surface area contributed by atoms with E-state index < -0.39 is 0 Å². The molecular weight excluding hydrogens is 440 g/mol. The number of hydrogen-bond acceptors (Lipinski definition) is 8. The first-order valence-electron chi connectivity index (χ1n) is 12.4. The van der Waals surface area contributed by atoms with Gasteiger partial charge < -0.3 is 20.3 Å². The molecule has 3 saturated heterocycles. The number of nitriles is 1. The van der Waals surface area contributed by atoms with E-state index in [-0.39, 0.29) is 17.7 Å². The van der Waals surface area contributed by atoms with Crippen molar-refractivity contribution in [2.75, 3.05) is 55.6 Å². The summed E-state index contributed by atoms with van der Waals surface area (Å²) in [6.07, 6.45) is 4.06. The molecular formula is C26H32N8O. The summed E-state index contributed by atoms with van der Waals surface area (Å²) in [7, 11) is 0. The highest BCUT2D eigenvalue weighted by Gasteiger charge is 2.36. The van der Waals surface area contributed by atoms with E-state index in [1.807, 2.05) is 24.4 Å². The Morgan fingerprint density at radius 1 is 1.11 bits per heavy atom. The van der Waals surface area contributed by atoms with E-state index in [0.717, 1.165) is 62.8 Å². The van der Waals surface area contributed by atoms with Crippen LogP contribution in [0.3, 0.4) is 0 Å². The largest absolute Gasteiger partial charge is 0.370 e. The van der Waals surface area contributed by atoms with Crippen molar-refractivity contribution in [2.24, 2.45) is 5.73 Å². The summed E-state index contributed by atoms with van der Waals surface area (Å²) in [5.41, 5.74) is 9.96. The molecule has 0 aliphatic carbocycles. The van der Waals surface area contributed by atoms with Gasteiger partial charge in [-0.2, -0.15) is 10.4 Å². The van der Waals surface area contributed by atoms with Crippen molar-refractivity contribution in [3.05, 3.63) is 54.0 Å². The van der Waals surface area contributed by atoms with Crippen LogP contribution in [0.25, 0.3) is 5.52 Å². The number of pyridine rings is 2. The smallest absolute Gasteiger partial charge is 0.142 e. The molecule has 0 amide bonds. The number of likely N-dealkylation sites (tertiary alicyclic amines) is 1. The van der Waals surface area contributed by atoms with Gasteiger partial charge in [0.15, 0.2) is 0 Å². The molecule has 0 aromatic carbocycles. The van der Waals surface area contributed by atoms with Gasteiger partial charge in [-0.15, -0.1) is 0 Å². The maximum atomic E-state index is 9.39. The minimum Gasteiger partial charge on any atom is -0.370 e. The predicted octanol–water partition coefficient (Wildman–Crippen LogP) is 1.83. The third-order valence-corrected chi connectivity index (χ3v) is 7.40. The zero-order valence-corrected chi connectivity index (χ0v) is 20.3. The second-order valence-electron chi connectivity index (χ2n) is 10.7. The van der Waals surface area contributed by atoms with Crippen LogP contribution in [0.2, 0.25) is 0 Å². The van der Waals surface area contributed by atoms with Gasteiger partial charge >= 0.3 is 0 Å². The average Bonchev–Trinajstić information content (AvgIpc) is 3.29. The average molecular weight is 473 g/mol. The highest BCUT2D eigenvalue weighted by atomic mass is 16.5. The summed E-state index contributed by atoms with van der Waals surface area (Å²) in [4.78, 5) is 11.8. The molecule has 3 aromatic heterocycles. The van der Waals surface area contributed by atoms with Crippen molar-refractivity contribution in [1.82, 2.24) is 19.5 Å². The lowest BCUT2D eigenvalue weighted by Crippen LogP contribution is -2.65. The molecule has 0 radical (unpaired) electrons. The molecule has 2 N–H and O–H groups in total. The standard InChI is InChI=1S/C26H32N8O/c1-18-11-32(23-5-4-21(9-27)34-24(23)7-8-30-34)15-22(35-18)14-31-12-20(13-31)19-3-6-25(29-10-19)33-16-26(2,28)17-33/h3-8,10,18,20,22H,11-17,28H2,1-2H3/t18-,22+/m1/s1. The van der Waals surface area contributed by atoms with Crippen LogP contribution in [0, 0.1) is 11.3 Å². The molecule has 9 nitrogen and oxygen atoms in total. The number of ether oxygens (including phenoxy) is 1. The SMILES string of the molecule is C[C@@H]1CN(c2ccc(C#N)n3nccc23)C[C@H](CN2CC(c3ccc(N4CC(C)(N)C4)nc3)C2)O1. The molecule has 182 valence electrons. The van der Waals surface area contributed by atoms with E-state index in [1.54, 1.807) is 10.7 Å². The quantitative estimate of drug-likeness (QED) is 0.601. The summed E-state index contributed by atoms with van der Waals surface area (Å²) in [5, 5.41) is 13.7. The minimum absolute atomic E-state index is 0.0892. The first-order chi connectivity index (χ1) is 16.9. The second-order valence-corrected chi connectivity index (χ2v) is 10.7. The van der Waals surface area contributed by atoms with Gasteiger partial charge in [0.05, 0.1) is 29.6 Å². The number of nitrogens with two attached hydrogens (primary N) is 1. The Hall–Kier alpha value is -3.19. The van der Waals surface area contributed by atoms with Crippen LogP contribution >= 0.6 is 0 Å². The van der Waals surface area contributed by atoms with Crippen LogP contribution in [0.5, 0.6) is 0 Å². The van der Waals surface area contributed by atoms with Gasteiger partial charge in [0, 0.05) is 63.5 Å². The first-order valence-corrected chi connectivity index (χ1v) is 12.4. The molecule has 6 heterocycles. The van der Waals surface area contributed by atoms with Crippen LogP contribution in [-0.2, 0) is 4.74 Å². The molecule has 3 aliphatic heterocycles. The van der Waals surface area contributed by atoms with E-state index in [4.69, 9.17) is 10.5 Å². The Morgan fingerprint density at radius 2 is 1.94 bits per heavy atom. The van der Waals surface area contributed by atoms with Crippen molar-refractivity contribution in [3.8, 4) is 6.07 Å². The van der Waals surface area contributed by atoms with Gasteiger partial charge in [0.25, 0.3) is 0 Å². The summed E-state index contributed by atoms with van der Waals surface area (Å²) < 4.78 is 8.04. The zero-order valence-electron chi connectivity index (χ0n) is 20.3. The lowest BCUT2D eigenvalue weighted by molar-refractivity contribution is -0.0435. The third-order valence-electron chi connectivity index (χ3n) is 7.40. The number of fused-ring (bicyclic) bond motifs is 1. The molecule has 0 bridgehead atoms. The maximum absolute atomic E-state index is 9.39. The highest BCUT2D eigenvalue weighted by molar-refractivity contribution is 5.74. The monoisotopic (exact) mass is 472 g/mol. The van der Waals surface area contributed by atoms with Crippen molar-refractivity contribution in [1.29, 1.82) is 5.26 Å². The zero-order chi connectivity index (χ0) is 24.2. The van der Waals surface area contributed by atoms with E-state index >= 15 is 0 Å². The molecule has 3 fully saturated rings. The fraction of sp³-hybridized carbons (Fsp3) is 0.500. The van der Waals surface area contributed by atoms with Gasteiger partial charge in [-0.1, -0.05) is 6.07 Å². The van der Waals surface area contributed by atoms with E-state index in [9.17, 15) is 5.26 Å². The lowest BCUT2D eigenvalue weighted by Gasteiger charge is -2.46. The number of aromatic nitrogens is 3. The van der Waals surface area contributed by atoms with Gasteiger partial charge in [-0.05, 0) is 43.7 Å². The van der Waals surface area contributed by atoms with Crippen molar-refractivity contribution < 1.29 is 4.74 Å². The Kier molecular flexibility index (Phi) is 5.40. The predicted molar refractivity (Wildman–Crippen MR) is 135 cm³/mol. The Morgan fingerprint density at radius 3 is 2.66 bits per heavy atom.